The summed E-state index contributed by atoms with van der Waals surface area (Å²) in [5, 5.41) is 3.62. The Morgan fingerprint density at radius 1 is 1.23 bits per heavy atom. The molecule has 1 N–H and O–H groups in total. The van der Waals surface area contributed by atoms with E-state index in [0.29, 0.717) is 11.6 Å². The Kier molecular flexibility index (Phi) is 6.36. The van der Waals surface area contributed by atoms with Crippen molar-refractivity contribution in [1.82, 2.24) is 14.9 Å². The monoisotopic (exact) mass is 385 g/mol. The van der Waals surface area contributed by atoms with E-state index in [9.17, 15) is 4.79 Å². The maximum absolute atomic E-state index is 12.6. The fourth-order valence-corrected chi connectivity index (χ4v) is 3.71. The van der Waals surface area contributed by atoms with Crippen LogP contribution in [0.1, 0.15) is 18.9 Å². The number of imidazole rings is 1. The number of para-hydroxylation sites is 1. The van der Waals surface area contributed by atoms with Crippen LogP contribution < -0.4 is 5.32 Å². The lowest BCUT2D eigenvalue weighted by Crippen LogP contribution is -2.32. The van der Waals surface area contributed by atoms with Crippen molar-refractivity contribution in [2.75, 3.05) is 0 Å². The predicted molar refractivity (Wildman–Crippen MR) is 107 cm³/mol. The summed E-state index contributed by atoms with van der Waals surface area (Å²) in [6.07, 6.45) is 6.14. The molecule has 26 heavy (non-hydrogen) atoms. The molecule has 0 aliphatic rings. The highest BCUT2D eigenvalue weighted by Gasteiger charge is 2.18. The number of rotatable bonds is 7. The lowest BCUT2D eigenvalue weighted by molar-refractivity contribution is -0.120. The van der Waals surface area contributed by atoms with Gasteiger partial charge in [-0.3, -0.25) is 4.79 Å². The SMILES string of the molecule is CC[C@@H](Sc1ccc(Cl)cc1)C(=O)NCc1ccccc1-n1ccnc1. The number of nitrogens with zero attached hydrogens (tertiary/aromatic N) is 2. The number of hydrogen-bond acceptors (Lipinski definition) is 3. The number of carbonyl (C=O) groups is 1. The molecule has 0 radical (unpaired) electrons. The van der Waals surface area contributed by atoms with Crippen molar-refractivity contribution >= 4 is 29.3 Å². The van der Waals surface area contributed by atoms with Crippen LogP contribution in [0.5, 0.6) is 0 Å². The Morgan fingerprint density at radius 3 is 2.69 bits per heavy atom. The van der Waals surface area contributed by atoms with Crippen molar-refractivity contribution in [3.8, 4) is 5.69 Å². The lowest BCUT2D eigenvalue weighted by Gasteiger charge is -2.16. The Morgan fingerprint density at radius 2 is 2.00 bits per heavy atom. The molecule has 3 rings (SSSR count). The predicted octanol–water partition coefficient (Wildman–Crippen LogP) is 4.71. The van der Waals surface area contributed by atoms with Crippen LogP contribution in [0.25, 0.3) is 5.69 Å². The molecule has 0 spiro atoms. The molecule has 134 valence electrons. The van der Waals surface area contributed by atoms with Gasteiger partial charge in [-0.05, 0) is 42.3 Å². The summed E-state index contributed by atoms with van der Waals surface area (Å²) in [5.41, 5.74) is 2.06. The molecule has 4 nitrogen and oxygen atoms in total. The zero-order chi connectivity index (χ0) is 18.4. The van der Waals surface area contributed by atoms with Crippen LogP contribution in [0.3, 0.4) is 0 Å². The highest BCUT2D eigenvalue weighted by Crippen LogP contribution is 2.27. The van der Waals surface area contributed by atoms with Gasteiger partial charge in [0, 0.05) is 28.9 Å². The molecular formula is C20H20ClN3OS. The zero-order valence-electron chi connectivity index (χ0n) is 14.4. The van der Waals surface area contributed by atoms with E-state index in [0.717, 1.165) is 22.6 Å². The summed E-state index contributed by atoms with van der Waals surface area (Å²) in [4.78, 5) is 17.8. The lowest BCUT2D eigenvalue weighted by atomic mass is 10.1. The molecule has 0 saturated carbocycles. The standard InChI is InChI=1S/C20H20ClN3OS/c1-2-19(26-17-9-7-16(21)8-10-17)20(25)23-13-15-5-3-4-6-18(15)24-12-11-22-14-24/h3-12,14,19H,2,13H2,1H3,(H,23,25)/t19-/m1/s1. The molecule has 0 saturated heterocycles. The number of halogens is 1. The van der Waals surface area contributed by atoms with Gasteiger partial charge >= 0.3 is 0 Å². The second-order valence-electron chi connectivity index (χ2n) is 5.79. The number of benzene rings is 2. The van der Waals surface area contributed by atoms with E-state index < -0.39 is 0 Å². The number of amides is 1. The van der Waals surface area contributed by atoms with Crippen molar-refractivity contribution < 1.29 is 4.79 Å². The molecule has 0 fully saturated rings. The van der Waals surface area contributed by atoms with Crippen LogP contribution in [0.4, 0.5) is 0 Å². The van der Waals surface area contributed by atoms with Gasteiger partial charge in [0.15, 0.2) is 0 Å². The molecule has 1 atom stereocenters. The first-order valence-corrected chi connectivity index (χ1v) is 9.69. The number of aromatic nitrogens is 2. The zero-order valence-corrected chi connectivity index (χ0v) is 16.0. The van der Waals surface area contributed by atoms with Crippen LogP contribution in [-0.4, -0.2) is 20.7 Å². The molecule has 0 aliphatic heterocycles. The van der Waals surface area contributed by atoms with Crippen molar-refractivity contribution in [2.24, 2.45) is 0 Å². The Balaban J connectivity index is 1.65. The number of carbonyl (C=O) groups excluding carboxylic acids is 1. The van der Waals surface area contributed by atoms with Crippen LogP contribution in [0.15, 0.2) is 72.1 Å². The summed E-state index contributed by atoms with van der Waals surface area (Å²) in [6, 6.07) is 15.6. The molecule has 1 heterocycles. The van der Waals surface area contributed by atoms with Crippen molar-refractivity contribution in [2.45, 2.75) is 30.0 Å². The van der Waals surface area contributed by atoms with Crippen molar-refractivity contribution in [3.05, 3.63) is 77.8 Å². The Bertz CT molecular complexity index is 850. The van der Waals surface area contributed by atoms with E-state index in [1.807, 2.05) is 66.2 Å². The molecular weight excluding hydrogens is 366 g/mol. The summed E-state index contributed by atoms with van der Waals surface area (Å²) >= 11 is 7.48. The Labute approximate surface area is 162 Å². The van der Waals surface area contributed by atoms with Crippen LogP contribution >= 0.6 is 23.4 Å². The van der Waals surface area contributed by atoms with Crippen LogP contribution in [-0.2, 0) is 11.3 Å². The summed E-state index contributed by atoms with van der Waals surface area (Å²) < 4.78 is 1.95. The highest BCUT2D eigenvalue weighted by molar-refractivity contribution is 8.00. The van der Waals surface area contributed by atoms with Gasteiger partial charge in [-0.25, -0.2) is 4.98 Å². The number of nitrogens with one attached hydrogen (secondary N) is 1. The molecule has 3 aromatic rings. The summed E-state index contributed by atoms with van der Waals surface area (Å²) in [6.45, 7) is 2.50. The van der Waals surface area contributed by atoms with Crippen molar-refractivity contribution in [1.29, 1.82) is 0 Å². The Hall–Kier alpha value is -2.24. The summed E-state index contributed by atoms with van der Waals surface area (Å²) in [5.74, 6) is 0.0351. The smallest absolute Gasteiger partial charge is 0.233 e. The molecule has 0 aliphatic carbocycles. The second kappa shape index (κ2) is 8.92. The molecule has 6 heteroatoms. The molecule has 2 aromatic carbocycles. The third kappa shape index (κ3) is 4.68. The van der Waals surface area contributed by atoms with E-state index in [4.69, 9.17) is 11.6 Å². The average Bonchev–Trinajstić information content (AvgIpc) is 3.20. The van der Waals surface area contributed by atoms with E-state index in [1.165, 1.54) is 0 Å². The average molecular weight is 386 g/mol. The number of hydrogen-bond donors (Lipinski definition) is 1. The third-order valence-corrected chi connectivity index (χ3v) is 5.61. The summed E-state index contributed by atoms with van der Waals surface area (Å²) in [7, 11) is 0. The first-order chi connectivity index (χ1) is 12.7. The minimum atomic E-state index is -0.142. The van der Waals surface area contributed by atoms with Gasteiger partial charge in [-0.2, -0.15) is 0 Å². The maximum Gasteiger partial charge on any atom is 0.233 e. The largest absolute Gasteiger partial charge is 0.351 e. The van der Waals surface area contributed by atoms with Gasteiger partial charge < -0.3 is 9.88 Å². The highest BCUT2D eigenvalue weighted by atomic mass is 35.5. The third-order valence-electron chi connectivity index (χ3n) is 3.98. The fraction of sp³-hybridized carbons (Fsp3) is 0.200. The van der Waals surface area contributed by atoms with Gasteiger partial charge in [-0.15, -0.1) is 11.8 Å². The van der Waals surface area contributed by atoms with Gasteiger partial charge in [0.05, 0.1) is 17.3 Å². The van der Waals surface area contributed by atoms with Gasteiger partial charge in [0.2, 0.25) is 5.91 Å². The van der Waals surface area contributed by atoms with E-state index in [1.54, 1.807) is 24.3 Å². The molecule has 0 bridgehead atoms. The maximum atomic E-state index is 12.6. The van der Waals surface area contributed by atoms with E-state index in [2.05, 4.69) is 10.3 Å². The first-order valence-electron chi connectivity index (χ1n) is 8.43. The van der Waals surface area contributed by atoms with Crippen LogP contribution in [0.2, 0.25) is 5.02 Å². The molecule has 1 aromatic heterocycles. The first kappa shape index (κ1) is 18.5. The van der Waals surface area contributed by atoms with Gasteiger partial charge in [-0.1, -0.05) is 36.7 Å². The topological polar surface area (TPSA) is 46.9 Å². The quantitative estimate of drug-likeness (QED) is 0.599. The normalized spacial score (nSPS) is 11.9. The van der Waals surface area contributed by atoms with Gasteiger partial charge in [0.1, 0.15) is 0 Å². The van der Waals surface area contributed by atoms with Gasteiger partial charge in [0.25, 0.3) is 0 Å². The number of thioether (sulfide) groups is 1. The van der Waals surface area contributed by atoms with E-state index in [-0.39, 0.29) is 11.2 Å². The minimum Gasteiger partial charge on any atom is -0.351 e. The van der Waals surface area contributed by atoms with Crippen LogP contribution in [0, 0.1) is 0 Å². The van der Waals surface area contributed by atoms with Crippen molar-refractivity contribution in [3.63, 3.8) is 0 Å². The minimum absolute atomic E-state index is 0.0351. The second-order valence-corrected chi connectivity index (χ2v) is 7.50. The molecule has 1 amide bonds. The molecule has 0 unspecified atom stereocenters. The fourth-order valence-electron chi connectivity index (χ4n) is 2.61. The van der Waals surface area contributed by atoms with E-state index >= 15 is 0 Å².